The topological polar surface area (TPSA) is 50.3 Å². The van der Waals surface area contributed by atoms with Crippen LogP contribution < -0.4 is 0 Å². The minimum atomic E-state index is -0.373. The van der Waals surface area contributed by atoms with Gasteiger partial charge in [-0.2, -0.15) is 0 Å². The molecule has 84 valence electrons. The SMILES string of the molecule is C[C@@H](C=O)N(C(=O)c1ccccn1)C1CC1. The van der Waals surface area contributed by atoms with E-state index in [0.29, 0.717) is 5.69 Å². The van der Waals surface area contributed by atoms with Gasteiger partial charge in [-0.25, -0.2) is 0 Å². The first-order valence-electron chi connectivity index (χ1n) is 5.43. The zero-order valence-corrected chi connectivity index (χ0v) is 9.17. The molecule has 1 aromatic heterocycles. The lowest BCUT2D eigenvalue weighted by atomic mass is 10.2. The van der Waals surface area contributed by atoms with Crippen molar-refractivity contribution in [2.75, 3.05) is 0 Å². The van der Waals surface area contributed by atoms with Gasteiger partial charge in [-0.05, 0) is 31.9 Å². The fourth-order valence-electron chi connectivity index (χ4n) is 1.72. The fraction of sp³-hybridized carbons (Fsp3) is 0.417. The molecule has 1 aliphatic carbocycles. The predicted octanol–water partition coefficient (Wildman–Crippen LogP) is 1.27. The average Bonchev–Trinajstić information content (AvgIpc) is 3.14. The summed E-state index contributed by atoms with van der Waals surface area (Å²) in [6, 6.07) is 5.06. The first kappa shape index (κ1) is 10.8. The third-order valence-electron chi connectivity index (χ3n) is 2.69. The highest BCUT2D eigenvalue weighted by atomic mass is 16.2. The average molecular weight is 218 g/mol. The summed E-state index contributed by atoms with van der Waals surface area (Å²) in [5.41, 5.74) is 0.406. The molecule has 16 heavy (non-hydrogen) atoms. The van der Waals surface area contributed by atoms with E-state index in [1.165, 1.54) is 0 Å². The number of pyridine rings is 1. The molecule has 0 bridgehead atoms. The highest BCUT2D eigenvalue weighted by Crippen LogP contribution is 2.29. The number of hydrogen-bond donors (Lipinski definition) is 0. The lowest BCUT2D eigenvalue weighted by Crippen LogP contribution is -2.41. The summed E-state index contributed by atoms with van der Waals surface area (Å²) >= 11 is 0. The van der Waals surface area contributed by atoms with Gasteiger partial charge in [0.1, 0.15) is 12.0 Å². The van der Waals surface area contributed by atoms with Crippen LogP contribution in [0.25, 0.3) is 0 Å². The Morgan fingerprint density at radius 1 is 1.56 bits per heavy atom. The molecule has 1 aliphatic rings. The largest absolute Gasteiger partial charge is 0.325 e. The lowest BCUT2D eigenvalue weighted by molar-refractivity contribution is -0.111. The Balaban J connectivity index is 2.20. The van der Waals surface area contributed by atoms with Gasteiger partial charge < -0.3 is 9.69 Å². The standard InChI is InChI=1S/C12H14N2O2/c1-9(8-15)14(10-5-6-10)12(16)11-4-2-3-7-13-11/h2-4,7-10H,5-6H2,1H3/t9-/m0/s1. The van der Waals surface area contributed by atoms with Crippen molar-refractivity contribution in [3.05, 3.63) is 30.1 Å². The maximum absolute atomic E-state index is 12.1. The second-order valence-corrected chi connectivity index (χ2v) is 4.04. The van der Waals surface area contributed by atoms with Crippen molar-refractivity contribution in [2.45, 2.75) is 31.8 Å². The van der Waals surface area contributed by atoms with Gasteiger partial charge in [0.25, 0.3) is 5.91 Å². The van der Waals surface area contributed by atoms with E-state index in [2.05, 4.69) is 4.98 Å². The second kappa shape index (κ2) is 4.43. The molecule has 1 fully saturated rings. The molecule has 1 aromatic rings. The monoisotopic (exact) mass is 218 g/mol. The Bertz CT molecular complexity index is 387. The summed E-state index contributed by atoms with van der Waals surface area (Å²) in [6.45, 7) is 1.74. The first-order valence-corrected chi connectivity index (χ1v) is 5.43. The van der Waals surface area contributed by atoms with E-state index in [4.69, 9.17) is 0 Å². The van der Waals surface area contributed by atoms with E-state index in [1.54, 1.807) is 36.2 Å². The van der Waals surface area contributed by atoms with Crippen molar-refractivity contribution in [3.63, 3.8) is 0 Å². The molecule has 0 radical (unpaired) electrons. The van der Waals surface area contributed by atoms with Crippen LogP contribution >= 0.6 is 0 Å². The first-order chi connectivity index (χ1) is 7.74. The van der Waals surface area contributed by atoms with Crippen LogP contribution in [0.15, 0.2) is 24.4 Å². The quantitative estimate of drug-likeness (QED) is 0.715. The van der Waals surface area contributed by atoms with Gasteiger partial charge in [0.15, 0.2) is 0 Å². The number of amides is 1. The zero-order valence-electron chi connectivity index (χ0n) is 9.17. The van der Waals surface area contributed by atoms with Crippen LogP contribution in [0.1, 0.15) is 30.3 Å². The molecule has 1 atom stereocenters. The van der Waals surface area contributed by atoms with Gasteiger partial charge in [-0.1, -0.05) is 6.07 Å². The minimum Gasteiger partial charge on any atom is -0.325 e. The van der Waals surface area contributed by atoms with E-state index in [1.807, 2.05) is 0 Å². The number of nitrogens with zero attached hydrogens (tertiary/aromatic N) is 2. The van der Waals surface area contributed by atoms with Gasteiger partial charge in [0, 0.05) is 12.2 Å². The Morgan fingerprint density at radius 3 is 2.81 bits per heavy atom. The van der Waals surface area contributed by atoms with Crippen molar-refractivity contribution in [3.8, 4) is 0 Å². The molecular weight excluding hydrogens is 204 g/mol. The maximum Gasteiger partial charge on any atom is 0.273 e. The van der Waals surface area contributed by atoms with E-state index in [0.717, 1.165) is 19.1 Å². The van der Waals surface area contributed by atoms with Crippen LogP contribution in [0.5, 0.6) is 0 Å². The van der Waals surface area contributed by atoms with Crippen LogP contribution in [-0.4, -0.2) is 34.2 Å². The summed E-state index contributed by atoms with van der Waals surface area (Å²) in [5, 5.41) is 0. The third-order valence-corrected chi connectivity index (χ3v) is 2.69. The maximum atomic E-state index is 12.1. The van der Waals surface area contributed by atoms with Crippen molar-refractivity contribution < 1.29 is 9.59 Å². The number of carbonyl (C=O) groups excluding carboxylic acids is 2. The van der Waals surface area contributed by atoms with Gasteiger partial charge in [-0.3, -0.25) is 9.78 Å². The third kappa shape index (κ3) is 2.10. The summed E-state index contributed by atoms with van der Waals surface area (Å²) in [4.78, 5) is 28.6. The number of aldehydes is 1. The van der Waals surface area contributed by atoms with Crippen LogP contribution in [0.3, 0.4) is 0 Å². The number of hydrogen-bond acceptors (Lipinski definition) is 3. The molecule has 0 spiro atoms. The molecule has 1 amide bonds. The summed E-state index contributed by atoms with van der Waals surface area (Å²) in [6.07, 6.45) is 4.36. The van der Waals surface area contributed by atoms with Crippen molar-refractivity contribution in [1.29, 1.82) is 0 Å². The smallest absolute Gasteiger partial charge is 0.273 e. The highest BCUT2D eigenvalue weighted by Gasteiger charge is 2.36. The van der Waals surface area contributed by atoms with Gasteiger partial charge in [0.05, 0.1) is 6.04 Å². The van der Waals surface area contributed by atoms with Crippen LogP contribution in [0.4, 0.5) is 0 Å². The Kier molecular flexibility index (Phi) is 2.99. The Morgan fingerprint density at radius 2 is 2.31 bits per heavy atom. The Hall–Kier alpha value is -1.71. The van der Waals surface area contributed by atoms with Gasteiger partial charge in [-0.15, -0.1) is 0 Å². The van der Waals surface area contributed by atoms with Gasteiger partial charge in [0.2, 0.25) is 0 Å². The molecule has 0 unspecified atom stereocenters. The van der Waals surface area contributed by atoms with Gasteiger partial charge >= 0.3 is 0 Å². The fourth-order valence-corrected chi connectivity index (χ4v) is 1.72. The van der Waals surface area contributed by atoms with Crippen LogP contribution in [-0.2, 0) is 4.79 Å². The molecular formula is C12H14N2O2. The number of carbonyl (C=O) groups is 2. The van der Waals surface area contributed by atoms with E-state index in [-0.39, 0.29) is 18.0 Å². The lowest BCUT2D eigenvalue weighted by Gasteiger charge is -2.25. The molecule has 0 saturated heterocycles. The predicted molar refractivity (Wildman–Crippen MR) is 59.0 cm³/mol. The molecule has 1 saturated carbocycles. The second-order valence-electron chi connectivity index (χ2n) is 4.04. The molecule has 0 N–H and O–H groups in total. The van der Waals surface area contributed by atoms with Crippen molar-refractivity contribution >= 4 is 12.2 Å². The molecule has 1 heterocycles. The minimum absolute atomic E-state index is 0.150. The van der Waals surface area contributed by atoms with E-state index < -0.39 is 0 Å². The summed E-state index contributed by atoms with van der Waals surface area (Å²) in [5.74, 6) is -0.150. The molecule has 0 aliphatic heterocycles. The van der Waals surface area contributed by atoms with E-state index in [9.17, 15) is 9.59 Å². The summed E-state index contributed by atoms with van der Waals surface area (Å²) < 4.78 is 0. The Labute approximate surface area is 94.3 Å². The normalized spacial score (nSPS) is 16.6. The van der Waals surface area contributed by atoms with Crippen LogP contribution in [0, 0.1) is 0 Å². The molecule has 0 aromatic carbocycles. The van der Waals surface area contributed by atoms with Crippen molar-refractivity contribution in [2.24, 2.45) is 0 Å². The number of rotatable bonds is 4. The molecule has 4 heteroatoms. The zero-order chi connectivity index (χ0) is 11.5. The molecule has 2 rings (SSSR count). The van der Waals surface area contributed by atoms with Crippen LogP contribution in [0.2, 0.25) is 0 Å². The number of aromatic nitrogens is 1. The van der Waals surface area contributed by atoms with Crippen molar-refractivity contribution in [1.82, 2.24) is 9.88 Å². The molecule has 4 nitrogen and oxygen atoms in total. The highest BCUT2D eigenvalue weighted by molar-refractivity contribution is 5.94. The summed E-state index contributed by atoms with van der Waals surface area (Å²) in [7, 11) is 0. The van der Waals surface area contributed by atoms with E-state index >= 15 is 0 Å².